The fourth-order valence-corrected chi connectivity index (χ4v) is 2.62. The molecule has 1 fully saturated rings. The van der Waals surface area contributed by atoms with Gasteiger partial charge in [0, 0.05) is 18.8 Å². The molecule has 4 amide bonds. The number of hydrogen-bond acceptors (Lipinski definition) is 5. The number of imide groups is 2. The summed E-state index contributed by atoms with van der Waals surface area (Å²) in [5.41, 5.74) is 1.26. The number of unbranched alkanes of at least 4 members (excludes halogenated alkanes) is 2. The highest BCUT2D eigenvalue weighted by molar-refractivity contribution is 6.70. The molecule has 7 nitrogen and oxygen atoms in total. The number of carbonyl (C=O) groups is 4. The van der Waals surface area contributed by atoms with Crippen molar-refractivity contribution < 1.29 is 19.2 Å². The predicted octanol–water partition coefficient (Wildman–Crippen LogP) is 2.25. The second kappa shape index (κ2) is 8.41. The van der Waals surface area contributed by atoms with Crippen molar-refractivity contribution in [1.29, 1.82) is 0 Å². The Balaban J connectivity index is 2.19. The molecule has 2 rings (SSSR count). The minimum Gasteiger partial charge on any atom is -0.372 e. The minimum absolute atomic E-state index is 0.262. The number of amides is 4. The Morgan fingerprint density at radius 3 is 2.00 bits per heavy atom. The number of nitrogens with one attached hydrogen (secondary N) is 1. The van der Waals surface area contributed by atoms with E-state index in [4.69, 9.17) is 0 Å². The molecule has 1 saturated heterocycles. The lowest BCUT2D eigenvalue weighted by Gasteiger charge is -2.27. The van der Waals surface area contributed by atoms with Gasteiger partial charge in [-0.2, -0.15) is 0 Å². The van der Waals surface area contributed by atoms with Crippen molar-refractivity contribution in [3.05, 3.63) is 24.3 Å². The third-order valence-corrected chi connectivity index (χ3v) is 4.06. The summed E-state index contributed by atoms with van der Waals surface area (Å²) >= 11 is 0. The fourth-order valence-electron chi connectivity index (χ4n) is 2.62. The maximum atomic E-state index is 11.9. The van der Waals surface area contributed by atoms with Crippen LogP contribution in [0.2, 0.25) is 0 Å². The normalized spacial score (nSPS) is 14.7. The summed E-state index contributed by atoms with van der Waals surface area (Å²) < 4.78 is 0. The van der Waals surface area contributed by atoms with E-state index in [1.54, 1.807) is 12.1 Å². The Morgan fingerprint density at radius 2 is 1.48 bits per heavy atom. The molecule has 0 aromatic heterocycles. The van der Waals surface area contributed by atoms with E-state index in [0.717, 1.165) is 44.5 Å². The molecule has 1 aliphatic heterocycles. The van der Waals surface area contributed by atoms with Crippen LogP contribution in [0.4, 0.5) is 16.2 Å². The second-order valence-electron chi connectivity index (χ2n) is 5.94. The van der Waals surface area contributed by atoms with Gasteiger partial charge in [-0.05, 0) is 37.1 Å². The van der Waals surface area contributed by atoms with Crippen LogP contribution in [0.15, 0.2) is 24.3 Å². The summed E-state index contributed by atoms with van der Waals surface area (Å²) in [4.78, 5) is 49.5. The van der Waals surface area contributed by atoms with Crippen LogP contribution in [0.5, 0.6) is 0 Å². The smallest absolute Gasteiger partial charge is 0.336 e. The number of barbiturate groups is 1. The van der Waals surface area contributed by atoms with Crippen molar-refractivity contribution in [2.24, 2.45) is 0 Å². The Bertz CT molecular complexity index is 661. The Labute approximate surface area is 147 Å². The number of urea groups is 1. The van der Waals surface area contributed by atoms with Gasteiger partial charge in [-0.15, -0.1) is 0 Å². The minimum atomic E-state index is -1.24. The average Bonchev–Trinajstić information content (AvgIpc) is 2.61. The maximum Gasteiger partial charge on any atom is 0.336 e. The van der Waals surface area contributed by atoms with Gasteiger partial charge < -0.3 is 4.90 Å². The number of Topliss-reactive ketones (excluding diaryl/α,β-unsaturated/α-hetero) is 1. The zero-order valence-electron chi connectivity index (χ0n) is 14.6. The molecule has 1 N–H and O–H groups in total. The van der Waals surface area contributed by atoms with Crippen LogP contribution in [0.3, 0.4) is 0 Å². The van der Waals surface area contributed by atoms with Crippen LogP contribution in [-0.4, -0.2) is 36.7 Å². The monoisotopic (exact) mass is 345 g/mol. The first-order valence-corrected chi connectivity index (χ1v) is 8.58. The fraction of sp³-hybridized carbons (Fsp3) is 0.444. The highest BCUT2D eigenvalue weighted by atomic mass is 16.2. The molecule has 0 unspecified atom stereocenters. The number of benzene rings is 1. The van der Waals surface area contributed by atoms with E-state index in [1.807, 2.05) is 17.4 Å². The predicted molar refractivity (Wildman–Crippen MR) is 94.5 cm³/mol. The summed E-state index contributed by atoms with van der Waals surface area (Å²) in [7, 11) is 0. The molecular formula is C18H23N3O4. The standard InChI is InChI=1S/C18H23N3O4/c1-3-5-11-20(12-6-4-2)13-7-9-14(10-8-13)21-17(24)15(22)16(23)19-18(21)25/h7-10H,3-6,11-12H2,1-2H3,(H,19,23,25). The van der Waals surface area contributed by atoms with Gasteiger partial charge in [0.1, 0.15) is 0 Å². The van der Waals surface area contributed by atoms with Gasteiger partial charge >= 0.3 is 23.6 Å². The lowest BCUT2D eigenvalue weighted by Crippen LogP contribution is -2.58. The summed E-state index contributed by atoms with van der Waals surface area (Å²) in [5, 5.41) is 1.87. The molecule has 134 valence electrons. The molecule has 7 heteroatoms. The van der Waals surface area contributed by atoms with E-state index < -0.39 is 23.6 Å². The number of ketones is 1. The molecule has 0 atom stereocenters. The Hall–Kier alpha value is -2.70. The molecule has 1 aliphatic rings. The van der Waals surface area contributed by atoms with Crippen LogP contribution >= 0.6 is 0 Å². The molecule has 25 heavy (non-hydrogen) atoms. The molecule has 0 radical (unpaired) electrons. The summed E-state index contributed by atoms with van der Waals surface area (Å²) in [6, 6.07) is 5.96. The molecule has 0 saturated carbocycles. The van der Waals surface area contributed by atoms with E-state index in [-0.39, 0.29) is 5.69 Å². The van der Waals surface area contributed by atoms with Crippen LogP contribution < -0.4 is 15.1 Å². The number of carbonyl (C=O) groups excluding carboxylic acids is 4. The summed E-state index contributed by atoms with van der Waals surface area (Å²) in [6.07, 6.45) is 4.35. The van der Waals surface area contributed by atoms with Gasteiger partial charge in [0.05, 0.1) is 5.69 Å². The lowest BCUT2D eigenvalue weighted by molar-refractivity contribution is -0.145. The van der Waals surface area contributed by atoms with E-state index >= 15 is 0 Å². The van der Waals surface area contributed by atoms with Crippen LogP contribution in [0.25, 0.3) is 0 Å². The van der Waals surface area contributed by atoms with Crippen molar-refractivity contribution in [3.63, 3.8) is 0 Å². The molecule has 1 aromatic carbocycles. The molecule has 0 aliphatic carbocycles. The van der Waals surface area contributed by atoms with Crippen molar-refractivity contribution in [2.75, 3.05) is 22.9 Å². The number of nitrogens with zero attached hydrogens (tertiary/aromatic N) is 2. The summed E-state index contributed by atoms with van der Waals surface area (Å²) in [5.74, 6) is -3.56. The Kier molecular flexibility index (Phi) is 6.27. The van der Waals surface area contributed by atoms with Gasteiger partial charge in [-0.25, -0.2) is 9.69 Å². The van der Waals surface area contributed by atoms with Gasteiger partial charge in [0.15, 0.2) is 0 Å². The van der Waals surface area contributed by atoms with Crippen LogP contribution in [0.1, 0.15) is 39.5 Å². The molecular weight excluding hydrogens is 322 g/mol. The number of anilines is 2. The third kappa shape index (κ3) is 4.23. The van der Waals surface area contributed by atoms with Crippen molar-refractivity contribution in [1.82, 2.24) is 5.32 Å². The molecule has 1 heterocycles. The number of rotatable bonds is 8. The number of hydrogen-bond donors (Lipinski definition) is 1. The maximum absolute atomic E-state index is 11.9. The molecule has 0 bridgehead atoms. The van der Waals surface area contributed by atoms with E-state index in [2.05, 4.69) is 18.7 Å². The first-order chi connectivity index (χ1) is 12.0. The first kappa shape index (κ1) is 18.6. The topological polar surface area (TPSA) is 86.8 Å². The Morgan fingerprint density at radius 1 is 0.920 bits per heavy atom. The van der Waals surface area contributed by atoms with E-state index in [0.29, 0.717) is 4.90 Å². The second-order valence-corrected chi connectivity index (χ2v) is 5.94. The quantitative estimate of drug-likeness (QED) is 0.730. The zero-order chi connectivity index (χ0) is 18.4. The highest BCUT2D eigenvalue weighted by Gasteiger charge is 2.39. The zero-order valence-corrected chi connectivity index (χ0v) is 14.6. The van der Waals surface area contributed by atoms with Crippen LogP contribution in [-0.2, 0) is 14.4 Å². The average molecular weight is 345 g/mol. The van der Waals surface area contributed by atoms with Gasteiger partial charge in [0.25, 0.3) is 0 Å². The van der Waals surface area contributed by atoms with Crippen LogP contribution in [0, 0.1) is 0 Å². The SMILES string of the molecule is CCCCN(CCCC)c1ccc(N2C(=O)NC(=O)C(=O)C2=O)cc1. The van der Waals surface area contributed by atoms with E-state index in [9.17, 15) is 19.2 Å². The first-order valence-electron chi connectivity index (χ1n) is 8.58. The van der Waals surface area contributed by atoms with Crippen molar-refractivity contribution in [3.8, 4) is 0 Å². The molecule has 1 aromatic rings. The van der Waals surface area contributed by atoms with Crippen molar-refractivity contribution in [2.45, 2.75) is 39.5 Å². The van der Waals surface area contributed by atoms with E-state index in [1.165, 1.54) is 0 Å². The highest BCUT2D eigenvalue weighted by Crippen LogP contribution is 2.23. The van der Waals surface area contributed by atoms with Gasteiger partial charge in [0.2, 0.25) is 0 Å². The lowest BCUT2D eigenvalue weighted by atomic mass is 10.2. The van der Waals surface area contributed by atoms with Gasteiger partial charge in [-0.3, -0.25) is 19.7 Å². The van der Waals surface area contributed by atoms with Crippen molar-refractivity contribution >= 4 is 35.0 Å². The largest absolute Gasteiger partial charge is 0.372 e. The molecule has 0 spiro atoms. The van der Waals surface area contributed by atoms with Gasteiger partial charge in [-0.1, -0.05) is 26.7 Å². The summed E-state index contributed by atoms with van der Waals surface area (Å²) in [6.45, 7) is 6.15. The third-order valence-electron chi connectivity index (χ3n) is 4.06.